The molecule has 0 aliphatic heterocycles. The number of benzene rings is 2. The van der Waals surface area contributed by atoms with Crippen LogP contribution in [0.2, 0.25) is 0 Å². The Morgan fingerprint density at radius 3 is 2.55 bits per heavy atom. The van der Waals surface area contributed by atoms with Crippen molar-refractivity contribution < 1.29 is 9.34 Å². The Balaban J connectivity index is 2.36. The summed E-state index contributed by atoms with van der Waals surface area (Å²) in [5.41, 5.74) is 8.29. The summed E-state index contributed by atoms with van der Waals surface area (Å²) in [5.74, 6) is -0.236. The number of hydrogen-bond donors (Lipinski definition) is 1. The molecule has 5 nitrogen and oxygen atoms in total. The van der Waals surface area contributed by atoms with Crippen molar-refractivity contribution in [3.05, 3.63) is 64.2 Å². The van der Waals surface area contributed by atoms with Gasteiger partial charge in [-0.05, 0) is 23.3 Å². The molecule has 0 atom stereocenters. The molecule has 0 saturated carbocycles. The van der Waals surface area contributed by atoms with Gasteiger partial charge in [-0.1, -0.05) is 36.4 Å². The minimum absolute atomic E-state index is 0.236. The van der Waals surface area contributed by atoms with E-state index in [-0.39, 0.29) is 5.88 Å². The summed E-state index contributed by atoms with van der Waals surface area (Å²) in [4.78, 5) is 10.7. The number of rotatable bonds is 3. The van der Waals surface area contributed by atoms with Crippen LogP contribution in [0.25, 0.3) is 22.1 Å². The smallest absolute Gasteiger partial charge is 0.400 e. The molecule has 0 amide bonds. The van der Waals surface area contributed by atoms with Gasteiger partial charge >= 0.3 is 5.88 Å². The van der Waals surface area contributed by atoms with E-state index in [0.717, 1.165) is 11.1 Å². The Kier molecular flexibility index (Phi) is 2.96. The Morgan fingerprint density at radius 2 is 1.90 bits per heavy atom. The fourth-order valence-corrected chi connectivity index (χ4v) is 2.27. The first-order valence-corrected chi connectivity index (χ1v) is 6.16. The molecule has 0 radical (unpaired) electrons. The van der Waals surface area contributed by atoms with E-state index in [1.54, 1.807) is 6.07 Å². The van der Waals surface area contributed by atoms with Crippen molar-refractivity contribution in [1.29, 1.82) is 0 Å². The van der Waals surface area contributed by atoms with Gasteiger partial charge in [-0.25, -0.2) is 0 Å². The number of furan rings is 1. The lowest BCUT2D eigenvalue weighted by Crippen LogP contribution is -1.95. The van der Waals surface area contributed by atoms with Crippen molar-refractivity contribution in [3.63, 3.8) is 0 Å². The fourth-order valence-electron chi connectivity index (χ4n) is 2.27. The third-order valence-electron chi connectivity index (χ3n) is 3.20. The molecule has 2 N–H and O–H groups in total. The lowest BCUT2D eigenvalue weighted by atomic mass is 10.0. The van der Waals surface area contributed by atoms with Crippen LogP contribution in [0.1, 0.15) is 5.56 Å². The summed E-state index contributed by atoms with van der Waals surface area (Å²) < 4.78 is 5.37. The highest BCUT2D eigenvalue weighted by molar-refractivity contribution is 5.98. The second-order valence-corrected chi connectivity index (χ2v) is 4.44. The van der Waals surface area contributed by atoms with Crippen LogP contribution in [0, 0.1) is 10.1 Å². The van der Waals surface area contributed by atoms with Crippen molar-refractivity contribution in [3.8, 4) is 11.1 Å². The zero-order valence-electron chi connectivity index (χ0n) is 10.6. The normalized spacial score (nSPS) is 10.8. The van der Waals surface area contributed by atoms with Crippen molar-refractivity contribution >= 4 is 16.9 Å². The van der Waals surface area contributed by atoms with E-state index in [4.69, 9.17) is 10.2 Å². The zero-order chi connectivity index (χ0) is 14.1. The fraction of sp³-hybridized carbons (Fsp3) is 0.0667. The monoisotopic (exact) mass is 268 g/mol. The van der Waals surface area contributed by atoms with Crippen molar-refractivity contribution in [1.82, 2.24) is 0 Å². The maximum Gasteiger partial charge on any atom is 0.442 e. The van der Waals surface area contributed by atoms with Crippen LogP contribution in [0.15, 0.2) is 52.9 Å². The molecule has 100 valence electrons. The maximum atomic E-state index is 11.2. The molecule has 1 aromatic heterocycles. The van der Waals surface area contributed by atoms with Crippen LogP contribution in [-0.4, -0.2) is 4.92 Å². The van der Waals surface area contributed by atoms with Gasteiger partial charge in [0.25, 0.3) is 0 Å². The summed E-state index contributed by atoms with van der Waals surface area (Å²) in [5, 5.41) is 11.9. The van der Waals surface area contributed by atoms with Crippen LogP contribution < -0.4 is 5.73 Å². The molecule has 0 fully saturated rings. The molecular formula is C15H12N2O3. The van der Waals surface area contributed by atoms with Crippen molar-refractivity contribution in [2.24, 2.45) is 5.73 Å². The summed E-state index contributed by atoms with van der Waals surface area (Å²) in [6.45, 7) is 0.378. The van der Waals surface area contributed by atoms with Crippen LogP contribution in [-0.2, 0) is 6.54 Å². The van der Waals surface area contributed by atoms with Gasteiger partial charge in [0, 0.05) is 11.9 Å². The third kappa shape index (κ3) is 1.94. The maximum absolute atomic E-state index is 11.2. The highest BCUT2D eigenvalue weighted by Crippen LogP contribution is 2.39. The van der Waals surface area contributed by atoms with E-state index in [1.807, 2.05) is 42.5 Å². The first-order chi connectivity index (χ1) is 9.70. The summed E-state index contributed by atoms with van der Waals surface area (Å²) in [6.07, 6.45) is 0. The van der Waals surface area contributed by atoms with Crippen molar-refractivity contribution in [2.75, 3.05) is 0 Å². The Hall–Kier alpha value is -2.66. The molecular weight excluding hydrogens is 256 g/mol. The van der Waals surface area contributed by atoms with Gasteiger partial charge in [-0.15, -0.1) is 0 Å². The molecule has 0 aliphatic carbocycles. The molecule has 1 heterocycles. The van der Waals surface area contributed by atoms with E-state index in [2.05, 4.69) is 0 Å². The highest BCUT2D eigenvalue weighted by atomic mass is 16.6. The first kappa shape index (κ1) is 12.4. The van der Waals surface area contributed by atoms with Gasteiger partial charge in [-0.2, -0.15) is 0 Å². The summed E-state index contributed by atoms with van der Waals surface area (Å²) >= 11 is 0. The van der Waals surface area contributed by atoms with Gasteiger partial charge < -0.3 is 10.2 Å². The van der Waals surface area contributed by atoms with E-state index < -0.39 is 4.92 Å². The van der Waals surface area contributed by atoms with E-state index in [1.165, 1.54) is 0 Å². The number of nitrogens with two attached hydrogens (primary N) is 1. The highest BCUT2D eigenvalue weighted by Gasteiger charge is 2.25. The van der Waals surface area contributed by atoms with Crippen molar-refractivity contribution in [2.45, 2.75) is 6.54 Å². The minimum Gasteiger partial charge on any atom is -0.400 e. The van der Waals surface area contributed by atoms with Gasteiger partial charge in [0.1, 0.15) is 16.1 Å². The minimum atomic E-state index is -0.496. The van der Waals surface area contributed by atoms with E-state index in [0.29, 0.717) is 23.1 Å². The van der Waals surface area contributed by atoms with Gasteiger partial charge in [0.05, 0.1) is 0 Å². The summed E-state index contributed by atoms with van der Waals surface area (Å²) in [7, 11) is 0. The zero-order valence-corrected chi connectivity index (χ0v) is 10.6. The topological polar surface area (TPSA) is 82.3 Å². The van der Waals surface area contributed by atoms with E-state index >= 15 is 0 Å². The molecule has 3 aromatic rings. The molecule has 0 unspecified atom stereocenters. The summed E-state index contributed by atoms with van der Waals surface area (Å²) in [6, 6.07) is 14.6. The Labute approximate surface area is 114 Å². The third-order valence-corrected chi connectivity index (χ3v) is 3.20. The van der Waals surface area contributed by atoms with Crippen LogP contribution in [0.4, 0.5) is 5.88 Å². The molecule has 3 rings (SSSR count). The largest absolute Gasteiger partial charge is 0.442 e. The molecule has 2 aromatic carbocycles. The second kappa shape index (κ2) is 4.79. The second-order valence-electron chi connectivity index (χ2n) is 4.44. The first-order valence-electron chi connectivity index (χ1n) is 6.16. The molecule has 0 saturated heterocycles. The Morgan fingerprint density at radius 1 is 1.15 bits per heavy atom. The van der Waals surface area contributed by atoms with Crippen LogP contribution in [0.5, 0.6) is 0 Å². The number of nitro groups is 1. The number of nitrogens with zero attached hydrogens (tertiary/aromatic N) is 1. The van der Waals surface area contributed by atoms with Crippen LogP contribution in [0.3, 0.4) is 0 Å². The van der Waals surface area contributed by atoms with Gasteiger partial charge in [0.2, 0.25) is 0 Å². The average Bonchev–Trinajstić information content (AvgIpc) is 2.86. The molecule has 5 heteroatoms. The standard InChI is InChI=1S/C15H12N2O3/c16-9-10-6-7-13-12(8-10)14(15(20-13)17(18)19)11-4-2-1-3-5-11/h1-8H,9,16H2. The molecule has 20 heavy (non-hydrogen) atoms. The SMILES string of the molecule is NCc1ccc2oc([N+](=O)[O-])c(-c3ccccc3)c2c1. The lowest BCUT2D eigenvalue weighted by molar-refractivity contribution is -0.400. The quantitative estimate of drug-likeness (QED) is 0.582. The predicted molar refractivity (Wildman–Crippen MR) is 76.2 cm³/mol. The number of hydrogen-bond acceptors (Lipinski definition) is 4. The van der Waals surface area contributed by atoms with Crippen LogP contribution >= 0.6 is 0 Å². The average molecular weight is 268 g/mol. The molecule has 0 aliphatic rings. The predicted octanol–water partition coefficient (Wildman–Crippen LogP) is 3.47. The molecule has 0 spiro atoms. The number of fused-ring (bicyclic) bond motifs is 1. The van der Waals surface area contributed by atoms with Gasteiger partial charge in [0.15, 0.2) is 0 Å². The Bertz CT molecular complexity index is 778. The lowest BCUT2D eigenvalue weighted by Gasteiger charge is -1.99. The van der Waals surface area contributed by atoms with E-state index in [9.17, 15) is 10.1 Å². The van der Waals surface area contributed by atoms with Gasteiger partial charge in [-0.3, -0.25) is 10.1 Å². The molecule has 0 bridgehead atoms.